The van der Waals surface area contributed by atoms with Crippen molar-refractivity contribution < 1.29 is 4.79 Å². The van der Waals surface area contributed by atoms with Crippen LogP contribution in [0.4, 0.5) is 0 Å². The first kappa shape index (κ1) is 8.99. The van der Waals surface area contributed by atoms with Gasteiger partial charge in [0.1, 0.15) is 0 Å². The molecule has 12 heavy (non-hydrogen) atoms. The van der Waals surface area contributed by atoms with E-state index in [0.29, 0.717) is 10.9 Å². The fraction of sp³-hybridized carbons (Fsp3) is 0.286. The fourth-order valence-corrected chi connectivity index (χ4v) is 1.24. The molecule has 0 aliphatic rings. The van der Waals surface area contributed by atoms with Crippen LogP contribution >= 0.6 is 11.8 Å². The molecule has 64 valence electrons. The second-order valence-electron chi connectivity index (χ2n) is 1.99. The van der Waals surface area contributed by atoms with Crippen LogP contribution in [0.15, 0.2) is 23.6 Å². The molecule has 1 amide bonds. The molecule has 5 heteroatoms. The van der Waals surface area contributed by atoms with Crippen LogP contribution in [0.1, 0.15) is 0 Å². The Morgan fingerprint density at radius 1 is 1.58 bits per heavy atom. The fourth-order valence-electron chi connectivity index (χ4n) is 0.562. The lowest BCUT2D eigenvalue weighted by Gasteiger charge is -1.97. The summed E-state index contributed by atoms with van der Waals surface area (Å²) < 4.78 is 0. The van der Waals surface area contributed by atoms with Crippen molar-refractivity contribution in [2.75, 3.05) is 12.8 Å². The van der Waals surface area contributed by atoms with Crippen LogP contribution in [0.5, 0.6) is 0 Å². The van der Waals surface area contributed by atoms with Crippen LogP contribution in [0.3, 0.4) is 0 Å². The van der Waals surface area contributed by atoms with Gasteiger partial charge in [-0.05, 0) is 6.07 Å². The van der Waals surface area contributed by atoms with Crippen molar-refractivity contribution in [1.82, 2.24) is 15.3 Å². The Morgan fingerprint density at radius 2 is 2.25 bits per heavy atom. The van der Waals surface area contributed by atoms with Crippen molar-refractivity contribution in [2.24, 2.45) is 0 Å². The average molecular weight is 183 g/mol. The molecule has 0 fully saturated rings. The van der Waals surface area contributed by atoms with E-state index in [1.807, 2.05) is 0 Å². The zero-order valence-electron chi connectivity index (χ0n) is 6.65. The van der Waals surface area contributed by atoms with E-state index in [1.165, 1.54) is 11.8 Å². The molecule has 1 N–H and O–H groups in total. The first-order valence-electron chi connectivity index (χ1n) is 3.43. The van der Waals surface area contributed by atoms with Crippen molar-refractivity contribution in [2.45, 2.75) is 5.16 Å². The summed E-state index contributed by atoms with van der Waals surface area (Å²) in [6.07, 6.45) is 3.30. The Labute approximate surface area is 74.8 Å². The highest BCUT2D eigenvalue weighted by atomic mass is 32.2. The van der Waals surface area contributed by atoms with E-state index in [9.17, 15) is 4.79 Å². The third-order valence-corrected chi connectivity index (χ3v) is 2.03. The molecule has 0 aliphatic heterocycles. The van der Waals surface area contributed by atoms with E-state index in [-0.39, 0.29) is 5.91 Å². The minimum atomic E-state index is -0.0209. The van der Waals surface area contributed by atoms with E-state index in [2.05, 4.69) is 15.3 Å². The largest absolute Gasteiger partial charge is 0.358 e. The zero-order chi connectivity index (χ0) is 8.81. The Bertz CT molecular complexity index is 252. The maximum Gasteiger partial charge on any atom is 0.230 e. The Hall–Kier alpha value is -1.10. The van der Waals surface area contributed by atoms with E-state index in [1.54, 1.807) is 25.5 Å². The summed E-state index contributed by atoms with van der Waals surface area (Å²) in [4.78, 5) is 18.7. The number of hydrogen-bond donors (Lipinski definition) is 1. The van der Waals surface area contributed by atoms with Gasteiger partial charge in [0, 0.05) is 19.4 Å². The lowest BCUT2D eigenvalue weighted by Crippen LogP contribution is -2.19. The number of nitrogens with zero attached hydrogens (tertiary/aromatic N) is 2. The molecule has 0 spiro atoms. The topological polar surface area (TPSA) is 54.9 Å². The Morgan fingerprint density at radius 3 is 2.83 bits per heavy atom. The number of amides is 1. The molecule has 0 aromatic carbocycles. The molecule has 1 rings (SSSR count). The van der Waals surface area contributed by atoms with Crippen molar-refractivity contribution in [1.29, 1.82) is 0 Å². The molecular formula is C7H9N3OS. The van der Waals surface area contributed by atoms with Crippen LogP contribution in [0, 0.1) is 0 Å². The quantitative estimate of drug-likeness (QED) is 0.541. The molecule has 0 bridgehead atoms. The molecule has 1 aromatic heterocycles. The molecule has 0 saturated carbocycles. The van der Waals surface area contributed by atoms with Gasteiger partial charge in [-0.3, -0.25) is 4.79 Å². The predicted octanol–water partition coefficient (Wildman–Crippen LogP) is 0.315. The summed E-state index contributed by atoms with van der Waals surface area (Å²) in [6.45, 7) is 0. The second kappa shape index (κ2) is 4.71. The van der Waals surface area contributed by atoms with Crippen LogP contribution < -0.4 is 5.32 Å². The number of thioether (sulfide) groups is 1. The molecule has 1 heterocycles. The smallest absolute Gasteiger partial charge is 0.230 e. The molecule has 0 aliphatic carbocycles. The van der Waals surface area contributed by atoms with Gasteiger partial charge in [-0.25, -0.2) is 9.97 Å². The minimum absolute atomic E-state index is 0.0209. The van der Waals surface area contributed by atoms with Gasteiger partial charge in [-0.2, -0.15) is 0 Å². The van der Waals surface area contributed by atoms with Gasteiger partial charge in [-0.1, -0.05) is 11.8 Å². The summed E-state index contributed by atoms with van der Waals surface area (Å²) in [5.41, 5.74) is 0. The standard InChI is InChI=1S/C7H9N3OS/c1-8-6(11)5-12-7-9-3-2-4-10-7/h2-4H,5H2,1H3,(H,8,11). The van der Waals surface area contributed by atoms with E-state index < -0.39 is 0 Å². The van der Waals surface area contributed by atoms with E-state index in [0.717, 1.165) is 0 Å². The zero-order valence-corrected chi connectivity index (χ0v) is 7.47. The predicted molar refractivity (Wildman–Crippen MR) is 46.8 cm³/mol. The van der Waals surface area contributed by atoms with Gasteiger partial charge >= 0.3 is 0 Å². The summed E-state index contributed by atoms with van der Waals surface area (Å²) in [6, 6.07) is 1.74. The lowest BCUT2D eigenvalue weighted by atomic mass is 10.7. The van der Waals surface area contributed by atoms with Crippen molar-refractivity contribution >= 4 is 17.7 Å². The SMILES string of the molecule is CNC(=O)CSc1ncccn1. The Balaban J connectivity index is 2.38. The minimum Gasteiger partial charge on any atom is -0.358 e. The van der Waals surface area contributed by atoms with Gasteiger partial charge in [0.2, 0.25) is 5.91 Å². The van der Waals surface area contributed by atoms with Gasteiger partial charge < -0.3 is 5.32 Å². The molecule has 0 saturated heterocycles. The van der Waals surface area contributed by atoms with Crippen LogP contribution in [-0.2, 0) is 4.79 Å². The molecule has 1 aromatic rings. The third kappa shape index (κ3) is 2.87. The summed E-state index contributed by atoms with van der Waals surface area (Å²) >= 11 is 1.32. The summed E-state index contributed by atoms with van der Waals surface area (Å²) in [5.74, 6) is 0.341. The number of carbonyl (C=O) groups is 1. The van der Waals surface area contributed by atoms with Crippen LogP contribution in [0.2, 0.25) is 0 Å². The number of rotatable bonds is 3. The van der Waals surface area contributed by atoms with Gasteiger partial charge in [0.05, 0.1) is 5.75 Å². The number of hydrogen-bond acceptors (Lipinski definition) is 4. The highest BCUT2D eigenvalue weighted by Gasteiger charge is 2.00. The highest BCUT2D eigenvalue weighted by molar-refractivity contribution is 7.99. The monoisotopic (exact) mass is 183 g/mol. The lowest BCUT2D eigenvalue weighted by molar-refractivity contribution is -0.118. The second-order valence-corrected chi connectivity index (χ2v) is 2.94. The maximum atomic E-state index is 10.8. The highest BCUT2D eigenvalue weighted by Crippen LogP contribution is 2.09. The average Bonchev–Trinajstić information content (AvgIpc) is 2.16. The maximum absolute atomic E-state index is 10.8. The summed E-state index contributed by atoms with van der Waals surface area (Å²) in [7, 11) is 1.61. The molecular weight excluding hydrogens is 174 g/mol. The van der Waals surface area contributed by atoms with Gasteiger partial charge in [0.25, 0.3) is 0 Å². The first-order valence-corrected chi connectivity index (χ1v) is 4.42. The number of carbonyl (C=O) groups excluding carboxylic acids is 1. The normalized spacial score (nSPS) is 9.42. The third-order valence-electron chi connectivity index (χ3n) is 1.15. The molecule has 0 unspecified atom stereocenters. The number of nitrogens with one attached hydrogen (secondary N) is 1. The van der Waals surface area contributed by atoms with Crippen molar-refractivity contribution in [3.63, 3.8) is 0 Å². The van der Waals surface area contributed by atoms with Crippen molar-refractivity contribution in [3.8, 4) is 0 Å². The molecule has 0 atom stereocenters. The first-order chi connectivity index (χ1) is 5.83. The van der Waals surface area contributed by atoms with Gasteiger partial charge in [-0.15, -0.1) is 0 Å². The van der Waals surface area contributed by atoms with E-state index >= 15 is 0 Å². The van der Waals surface area contributed by atoms with E-state index in [4.69, 9.17) is 0 Å². The van der Waals surface area contributed by atoms with Crippen molar-refractivity contribution in [3.05, 3.63) is 18.5 Å². The van der Waals surface area contributed by atoms with Crippen LogP contribution in [-0.4, -0.2) is 28.7 Å². The van der Waals surface area contributed by atoms with Crippen LogP contribution in [0.25, 0.3) is 0 Å². The molecule has 4 nitrogen and oxygen atoms in total. The Kier molecular flexibility index (Phi) is 3.53. The van der Waals surface area contributed by atoms with Gasteiger partial charge in [0.15, 0.2) is 5.16 Å². The summed E-state index contributed by atoms with van der Waals surface area (Å²) in [5, 5.41) is 3.15. The number of aromatic nitrogens is 2. The molecule has 0 radical (unpaired) electrons.